The van der Waals surface area contributed by atoms with E-state index < -0.39 is 10.0 Å². The summed E-state index contributed by atoms with van der Waals surface area (Å²) in [6, 6.07) is 10.7. The second-order valence-electron chi connectivity index (χ2n) is 6.28. The first-order valence-electron chi connectivity index (χ1n) is 8.47. The maximum Gasteiger partial charge on any atom is 0.240 e. The number of sulfonamides is 1. The zero-order valence-corrected chi connectivity index (χ0v) is 15.3. The summed E-state index contributed by atoms with van der Waals surface area (Å²) in [6.07, 6.45) is 3.06. The van der Waals surface area contributed by atoms with Crippen LogP contribution in [0.2, 0.25) is 0 Å². The molecule has 1 aromatic heterocycles. The molecule has 7 nitrogen and oxygen atoms in total. The van der Waals surface area contributed by atoms with Gasteiger partial charge in [0, 0.05) is 32.3 Å². The van der Waals surface area contributed by atoms with Crippen molar-refractivity contribution < 1.29 is 13.2 Å². The molecule has 1 atom stereocenters. The Morgan fingerprint density at radius 1 is 1.15 bits per heavy atom. The highest BCUT2D eigenvalue weighted by atomic mass is 32.2. The maximum atomic E-state index is 12.5. The molecule has 8 heteroatoms. The molecule has 0 fully saturated rings. The highest BCUT2D eigenvalue weighted by molar-refractivity contribution is 7.89. The van der Waals surface area contributed by atoms with Crippen molar-refractivity contribution in [3.63, 3.8) is 0 Å². The van der Waals surface area contributed by atoms with Crippen molar-refractivity contribution in [3.8, 4) is 0 Å². The third-order valence-corrected chi connectivity index (χ3v) is 5.67. The first-order chi connectivity index (χ1) is 12.4. The van der Waals surface area contributed by atoms with Crippen LogP contribution in [-0.4, -0.2) is 38.4 Å². The van der Waals surface area contributed by atoms with Crippen LogP contribution in [0.15, 0.2) is 47.5 Å². The molecule has 1 heterocycles. The van der Waals surface area contributed by atoms with E-state index in [0.717, 1.165) is 17.5 Å². The minimum atomic E-state index is -3.57. The molecule has 0 spiro atoms. The van der Waals surface area contributed by atoms with Gasteiger partial charge in [0.1, 0.15) is 5.82 Å². The van der Waals surface area contributed by atoms with Gasteiger partial charge in [0.05, 0.1) is 4.90 Å². The van der Waals surface area contributed by atoms with Crippen molar-refractivity contribution in [1.82, 2.24) is 15.0 Å². The molecule has 3 N–H and O–H groups in total. The first-order valence-corrected chi connectivity index (χ1v) is 9.96. The van der Waals surface area contributed by atoms with Gasteiger partial charge in [-0.05, 0) is 48.2 Å². The van der Waals surface area contributed by atoms with E-state index in [1.807, 2.05) is 24.3 Å². The molecule has 2 aromatic rings. The van der Waals surface area contributed by atoms with Gasteiger partial charge in [0.25, 0.3) is 0 Å². The van der Waals surface area contributed by atoms with Gasteiger partial charge >= 0.3 is 0 Å². The predicted molar refractivity (Wildman–Crippen MR) is 99.4 cm³/mol. The minimum Gasteiger partial charge on any atom is -0.369 e. The van der Waals surface area contributed by atoms with Gasteiger partial charge < -0.3 is 10.6 Å². The van der Waals surface area contributed by atoms with Crippen LogP contribution in [0.3, 0.4) is 0 Å². The summed E-state index contributed by atoms with van der Waals surface area (Å²) in [4.78, 5) is 15.6. The number of nitrogens with zero attached hydrogens (tertiary/aromatic N) is 1. The number of pyridine rings is 1. The molecule has 138 valence electrons. The molecule has 0 bridgehead atoms. The predicted octanol–water partition coefficient (Wildman–Crippen LogP) is 1.08. The lowest BCUT2D eigenvalue weighted by molar-refractivity contribution is -0.119. The van der Waals surface area contributed by atoms with E-state index in [0.29, 0.717) is 18.8 Å². The third-order valence-electron chi connectivity index (χ3n) is 4.22. The number of rotatable bonds is 7. The maximum absolute atomic E-state index is 12.5. The molecule has 1 aromatic carbocycles. The summed E-state index contributed by atoms with van der Waals surface area (Å²) in [7, 11) is -3.57. The number of aromatic nitrogens is 1. The molecule has 0 aliphatic heterocycles. The average Bonchev–Trinajstić information content (AvgIpc) is 3.00. The molecular formula is C18H22N4O3S. The summed E-state index contributed by atoms with van der Waals surface area (Å²) >= 11 is 0. The Hall–Kier alpha value is -2.45. The Kier molecular flexibility index (Phi) is 5.53. The van der Waals surface area contributed by atoms with Crippen LogP contribution in [0.4, 0.5) is 5.82 Å². The number of amides is 1. The van der Waals surface area contributed by atoms with Gasteiger partial charge in [-0.25, -0.2) is 18.1 Å². The fourth-order valence-electron chi connectivity index (χ4n) is 3.08. The van der Waals surface area contributed by atoms with Gasteiger partial charge in [-0.2, -0.15) is 0 Å². The summed E-state index contributed by atoms with van der Waals surface area (Å²) in [5, 5.41) is 5.94. The minimum absolute atomic E-state index is 0.0379. The van der Waals surface area contributed by atoms with E-state index >= 15 is 0 Å². The Labute approximate surface area is 153 Å². The number of nitrogens with one attached hydrogen (secondary N) is 3. The Balaban J connectivity index is 1.57. The van der Waals surface area contributed by atoms with E-state index in [1.54, 1.807) is 18.3 Å². The molecule has 1 aliphatic rings. The van der Waals surface area contributed by atoms with E-state index in [4.69, 9.17) is 0 Å². The number of carbonyl (C=O) groups excluding carboxylic acids is 1. The number of fused-ring (bicyclic) bond motifs is 1. The molecule has 0 unspecified atom stereocenters. The summed E-state index contributed by atoms with van der Waals surface area (Å²) < 4.78 is 27.5. The lowest BCUT2D eigenvalue weighted by Gasteiger charge is -2.09. The smallest absolute Gasteiger partial charge is 0.240 e. The van der Waals surface area contributed by atoms with Gasteiger partial charge in [-0.3, -0.25) is 4.79 Å². The van der Waals surface area contributed by atoms with Crippen LogP contribution in [0, 0.1) is 0 Å². The van der Waals surface area contributed by atoms with Crippen molar-refractivity contribution in [1.29, 1.82) is 0 Å². The lowest BCUT2D eigenvalue weighted by Crippen LogP contribution is -2.33. The quantitative estimate of drug-likeness (QED) is 0.630. The zero-order valence-electron chi connectivity index (χ0n) is 14.5. The molecule has 26 heavy (non-hydrogen) atoms. The fraction of sp³-hybridized carbons (Fsp3) is 0.333. The third kappa shape index (κ3) is 4.59. The van der Waals surface area contributed by atoms with Crippen molar-refractivity contribution >= 4 is 21.7 Å². The largest absolute Gasteiger partial charge is 0.369 e. The van der Waals surface area contributed by atoms with Crippen molar-refractivity contribution in [3.05, 3.63) is 53.7 Å². The van der Waals surface area contributed by atoms with Crippen LogP contribution >= 0.6 is 0 Å². The Morgan fingerprint density at radius 3 is 2.69 bits per heavy atom. The van der Waals surface area contributed by atoms with E-state index in [-0.39, 0.29) is 23.4 Å². The first kappa shape index (κ1) is 18.3. The molecular weight excluding hydrogens is 352 g/mol. The highest BCUT2D eigenvalue weighted by Crippen LogP contribution is 2.25. The second-order valence-corrected chi connectivity index (χ2v) is 8.04. The van der Waals surface area contributed by atoms with Crippen LogP contribution in [0.1, 0.15) is 18.1 Å². The van der Waals surface area contributed by atoms with Crippen LogP contribution in [-0.2, 0) is 27.7 Å². The molecule has 0 saturated heterocycles. The summed E-state index contributed by atoms with van der Waals surface area (Å²) in [5.41, 5.74) is 2.05. The number of benzene rings is 1. The number of hydrogen-bond acceptors (Lipinski definition) is 5. The van der Waals surface area contributed by atoms with E-state index in [9.17, 15) is 13.2 Å². The van der Waals surface area contributed by atoms with Gasteiger partial charge in [0.2, 0.25) is 15.9 Å². The van der Waals surface area contributed by atoms with Crippen LogP contribution in [0.5, 0.6) is 0 Å². The Bertz CT molecular complexity index is 885. The van der Waals surface area contributed by atoms with Crippen LogP contribution < -0.4 is 15.4 Å². The van der Waals surface area contributed by atoms with Crippen molar-refractivity contribution in [2.24, 2.45) is 0 Å². The normalized spacial score (nSPS) is 16.1. The number of anilines is 1. The molecule has 0 saturated carbocycles. The highest BCUT2D eigenvalue weighted by Gasteiger charge is 2.24. The lowest BCUT2D eigenvalue weighted by atomic mass is 10.1. The standard InChI is InChI=1S/C18H22N4O3S/c1-13(23)22-16-10-14-5-6-17(12-15(14)11-16)26(24,25)21-9-8-20-18-4-2-3-7-19-18/h2-7,12,16,21H,8-11H2,1H3,(H,19,20)(H,22,23)/t16-/m1/s1. The SMILES string of the molecule is CC(=O)N[C@@H]1Cc2ccc(S(=O)(=O)NCCNc3ccccn3)cc2C1. The van der Waals surface area contributed by atoms with Crippen molar-refractivity contribution in [2.45, 2.75) is 30.7 Å². The average molecular weight is 374 g/mol. The van der Waals surface area contributed by atoms with Crippen molar-refractivity contribution in [2.75, 3.05) is 18.4 Å². The molecule has 3 rings (SSSR count). The number of hydrogen-bond donors (Lipinski definition) is 3. The topological polar surface area (TPSA) is 100 Å². The van der Waals surface area contributed by atoms with Gasteiger partial charge in [0.15, 0.2) is 0 Å². The summed E-state index contributed by atoms with van der Waals surface area (Å²) in [6.45, 7) is 2.18. The van der Waals surface area contributed by atoms with Gasteiger partial charge in [-0.1, -0.05) is 12.1 Å². The molecule has 0 radical (unpaired) electrons. The second kappa shape index (κ2) is 7.84. The van der Waals surface area contributed by atoms with E-state index in [1.165, 1.54) is 6.92 Å². The summed E-state index contributed by atoms with van der Waals surface area (Å²) in [5.74, 6) is 0.631. The zero-order chi connectivity index (χ0) is 18.6. The van der Waals surface area contributed by atoms with E-state index in [2.05, 4.69) is 20.3 Å². The van der Waals surface area contributed by atoms with Gasteiger partial charge in [-0.15, -0.1) is 0 Å². The Morgan fingerprint density at radius 2 is 1.96 bits per heavy atom. The monoisotopic (exact) mass is 374 g/mol. The van der Waals surface area contributed by atoms with Crippen LogP contribution in [0.25, 0.3) is 0 Å². The molecule has 1 aliphatic carbocycles. The molecule has 1 amide bonds. The number of carbonyl (C=O) groups is 1. The fourth-order valence-corrected chi connectivity index (χ4v) is 4.16.